The molecule has 9 aromatic rings. The summed E-state index contributed by atoms with van der Waals surface area (Å²) in [4.78, 5) is 4.69. The van der Waals surface area contributed by atoms with Crippen molar-refractivity contribution in [1.29, 1.82) is 0 Å². The van der Waals surface area contributed by atoms with E-state index in [2.05, 4.69) is 278 Å². The van der Waals surface area contributed by atoms with Gasteiger partial charge in [-0.25, -0.2) is 0 Å². The molecule has 0 saturated heterocycles. The van der Waals surface area contributed by atoms with Gasteiger partial charge in [-0.05, 0) is 129 Å². The van der Waals surface area contributed by atoms with Crippen LogP contribution >= 0.6 is 0 Å². The van der Waals surface area contributed by atoms with E-state index < -0.39 is 0 Å². The van der Waals surface area contributed by atoms with Crippen LogP contribution in [0.25, 0.3) is 44.5 Å². The number of nitrogens with zero attached hydrogens (tertiary/aromatic N) is 2. The fourth-order valence-electron chi connectivity index (χ4n) is 8.73. The number of hydrogen-bond donors (Lipinski definition) is 0. The molecule has 63 heavy (non-hydrogen) atoms. The minimum atomic E-state index is -0.0103. The van der Waals surface area contributed by atoms with Gasteiger partial charge in [-0.3, -0.25) is 0 Å². The van der Waals surface area contributed by atoms with E-state index in [-0.39, 0.29) is 5.41 Å². The first-order valence-electron chi connectivity index (χ1n) is 21.8. The van der Waals surface area contributed by atoms with Crippen molar-refractivity contribution in [3.05, 3.63) is 266 Å². The number of allylic oxidation sites excluding steroid dienone is 4. The van der Waals surface area contributed by atoms with Gasteiger partial charge in [-0.15, -0.1) is 0 Å². The predicted octanol–water partition coefficient (Wildman–Crippen LogP) is 17.1. The van der Waals surface area contributed by atoms with Gasteiger partial charge in [-0.2, -0.15) is 0 Å². The second-order valence-electron chi connectivity index (χ2n) is 16.5. The lowest BCUT2D eigenvalue weighted by Crippen LogP contribution is -2.19. The molecule has 1 unspecified atom stereocenters. The molecule has 10 rings (SSSR count). The molecule has 1 aliphatic rings. The number of benzene rings is 9. The summed E-state index contributed by atoms with van der Waals surface area (Å²) in [6, 6.07) is 85.4. The van der Waals surface area contributed by atoms with Crippen molar-refractivity contribution < 1.29 is 0 Å². The van der Waals surface area contributed by atoms with Gasteiger partial charge < -0.3 is 9.80 Å². The van der Waals surface area contributed by atoms with Gasteiger partial charge in [0.2, 0.25) is 0 Å². The van der Waals surface area contributed by atoms with Gasteiger partial charge in [-0.1, -0.05) is 195 Å². The normalized spacial score (nSPS) is 14.3. The standard InChI is InChI=1S/C61H48N2/c1-61(44-12-5-13-45-61)54-30-42-60(43-31-54)63(58-36-24-51(25-37-58)48-18-10-4-11-19-48)59-40-28-53(29-41-59)52-26-38-57(39-27-52)62(55-32-20-49(21-33-55)46-14-6-2-7-15-46)56-34-22-50(23-35-56)47-16-8-3-9-17-47/h2-44H,45H2,1H3. The maximum Gasteiger partial charge on any atom is 0.0462 e. The summed E-state index contributed by atoms with van der Waals surface area (Å²) in [6.07, 6.45) is 9.88. The Hall–Kier alpha value is -7.94. The Kier molecular flexibility index (Phi) is 10.9. The molecule has 2 nitrogen and oxygen atoms in total. The van der Waals surface area contributed by atoms with Crippen LogP contribution in [0.15, 0.2) is 261 Å². The third kappa shape index (κ3) is 8.40. The Morgan fingerprint density at radius 2 is 0.540 bits per heavy atom. The molecule has 1 aliphatic carbocycles. The van der Waals surface area contributed by atoms with E-state index in [1.54, 1.807) is 0 Å². The lowest BCUT2D eigenvalue weighted by atomic mass is 9.77. The zero-order valence-corrected chi connectivity index (χ0v) is 35.4. The quantitative estimate of drug-likeness (QED) is 0.128. The summed E-state index contributed by atoms with van der Waals surface area (Å²) in [5, 5.41) is 0. The molecule has 1 atom stereocenters. The van der Waals surface area contributed by atoms with Crippen molar-refractivity contribution in [1.82, 2.24) is 0 Å². The van der Waals surface area contributed by atoms with Crippen molar-refractivity contribution in [2.75, 3.05) is 9.80 Å². The molecule has 0 N–H and O–H groups in total. The van der Waals surface area contributed by atoms with E-state index >= 15 is 0 Å². The average Bonchev–Trinajstić information content (AvgIpc) is 3.36. The van der Waals surface area contributed by atoms with Crippen LogP contribution in [0.3, 0.4) is 0 Å². The summed E-state index contributed by atoms with van der Waals surface area (Å²) >= 11 is 0. The minimum Gasteiger partial charge on any atom is -0.311 e. The lowest BCUT2D eigenvalue weighted by molar-refractivity contribution is 0.600. The molecule has 0 aromatic heterocycles. The molecule has 9 aromatic carbocycles. The zero-order valence-electron chi connectivity index (χ0n) is 35.4. The number of rotatable bonds is 11. The summed E-state index contributed by atoms with van der Waals surface area (Å²) in [7, 11) is 0. The first kappa shape index (κ1) is 39.2. The second kappa shape index (κ2) is 17.6. The molecular weight excluding hydrogens is 761 g/mol. The van der Waals surface area contributed by atoms with Crippen LogP contribution < -0.4 is 9.80 Å². The van der Waals surface area contributed by atoms with Crippen LogP contribution in [0.5, 0.6) is 0 Å². The van der Waals surface area contributed by atoms with Crippen LogP contribution in [-0.4, -0.2) is 0 Å². The van der Waals surface area contributed by atoms with Gasteiger partial charge >= 0.3 is 0 Å². The summed E-state index contributed by atoms with van der Waals surface area (Å²) in [6.45, 7) is 2.32. The van der Waals surface area contributed by atoms with Crippen molar-refractivity contribution in [2.45, 2.75) is 18.8 Å². The highest BCUT2D eigenvalue weighted by Crippen LogP contribution is 2.41. The summed E-state index contributed by atoms with van der Waals surface area (Å²) < 4.78 is 0. The fraction of sp³-hybridized carbons (Fsp3) is 0.0492. The minimum absolute atomic E-state index is 0.0103. The lowest BCUT2D eigenvalue weighted by Gasteiger charge is -2.29. The number of anilines is 6. The Morgan fingerprint density at radius 1 is 0.286 bits per heavy atom. The molecule has 302 valence electrons. The van der Waals surface area contributed by atoms with Crippen LogP contribution in [0.1, 0.15) is 18.9 Å². The van der Waals surface area contributed by atoms with Crippen molar-refractivity contribution in [2.24, 2.45) is 0 Å². The summed E-state index contributed by atoms with van der Waals surface area (Å²) in [5.41, 5.74) is 17.5. The fourth-order valence-corrected chi connectivity index (χ4v) is 8.73. The third-order valence-corrected chi connectivity index (χ3v) is 12.3. The molecule has 0 heterocycles. The van der Waals surface area contributed by atoms with Gasteiger partial charge in [0.1, 0.15) is 0 Å². The van der Waals surface area contributed by atoms with Crippen LogP contribution in [0.2, 0.25) is 0 Å². The highest BCUT2D eigenvalue weighted by Gasteiger charge is 2.24. The Morgan fingerprint density at radius 3 is 0.794 bits per heavy atom. The van der Waals surface area contributed by atoms with Crippen molar-refractivity contribution in [3.63, 3.8) is 0 Å². The maximum absolute atomic E-state index is 2.36. The first-order chi connectivity index (χ1) is 31.1. The van der Waals surface area contributed by atoms with Crippen LogP contribution in [-0.2, 0) is 5.41 Å². The van der Waals surface area contributed by atoms with Crippen LogP contribution in [0, 0.1) is 0 Å². The highest BCUT2D eigenvalue weighted by atomic mass is 15.1. The van der Waals surface area contributed by atoms with Crippen molar-refractivity contribution >= 4 is 34.1 Å². The molecule has 0 bridgehead atoms. The Bertz CT molecular complexity index is 2870. The summed E-state index contributed by atoms with van der Waals surface area (Å²) in [5.74, 6) is 0. The predicted molar refractivity (Wildman–Crippen MR) is 268 cm³/mol. The Labute approximate surface area is 372 Å². The molecule has 0 spiro atoms. The molecule has 0 fully saturated rings. The molecule has 2 heteroatoms. The largest absolute Gasteiger partial charge is 0.311 e. The maximum atomic E-state index is 2.36. The van der Waals surface area contributed by atoms with E-state index in [4.69, 9.17) is 0 Å². The molecule has 0 amide bonds. The van der Waals surface area contributed by atoms with Crippen molar-refractivity contribution in [3.8, 4) is 44.5 Å². The monoisotopic (exact) mass is 808 g/mol. The molecule has 0 aliphatic heterocycles. The smallest absolute Gasteiger partial charge is 0.0462 e. The van der Waals surface area contributed by atoms with E-state index in [1.807, 2.05) is 0 Å². The first-order valence-corrected chi connectivity index (χ1v) is 21.8. The van der Waals surface area contributed by atoms with Crippen LogP contribution in [0.4, 0.5) is 34.1 Å². The number of hydrogen-bond acceptors (Lipinski definition) is 2. The topological polar surface area (TPSA) is 6.48 Å². The van der Waals surface area contributed by atoms with Gasteiger partial charge in [0.15, 0.2) is 0 Å². The molecular formula is C61H48N2. The third-order valence-electron chi connectivity index (χ3n) is 12.3. The average molecular weight is 809 g/mol. The molecule has 0 saturated carbocycles. The van der Waals surface area contributed by atoms with Gasteiger partial charge in [0.05, 0.1) is 0 Å². The highest BCUT2D eigenvalue weighted by molar-refractivity contribution is 5.83. The molecule has 0 radical (unpaired) electrons. The van der Waals surface area contributed by atoms with E-state index in [0.29, 0.717) is 0 Å². The van der Waals surface area contributed by atoms with E-state index in [0.717, 1.165) is 51.7 Å². The van der Waals surface area contributed by atoms with Gasteiger partial charge in [0.25, 0.3) is 0 Å². The Balaban J connectivity index is 0.959. The van der Waals surface area contributed by atoms with E-state index in [1.165, 1.54) is 38.9 Å². The van der Waals surface area contributed by atoms with Gasteiger partial charge in [0, 0.05) is 39.5 Å². The SMILES string of the molecule is CC1(c2ccc(N(c3ccc(-c4ccccc4)cc3)c3ccc(-c4ccc(N(c5ccc(-c6ccccc6)cc5)c5ccc(-c6ccccc6)cc5)cc4)cc3)cc2)C=CC=CC1. The zero-order chi connectivity index (χ0) is 42.4. The second-order valence-corrected chi connectivity index (χ2v) is 16.5. The van der Waals surface area contributed by atoms with E-state index in [9.17, 15) is 0 Å².